The normalized spacial score (nSPS) is 11.8. The Bertz CT molecular complexity index is 743. The van der Waals surface area contributed by atoms with Crippen molar-refractivity contribution in [3.63, 3.8) is 0 Å². The summed E-state index contributed by atoms with van der Waals surface area (Å²) in [7, 11) is 0. The van der Waals surface area contributed by atoms with Gasteiger partial charge in [-0.2, -0.15) is 4.68 Å². The molecule has 0 spiro atoms. The molecule has 0 aliphatic rings. The van der Waals surface area contributed by atoms with E-state index in [-0.39, 0.29) is 11.5 Å². The third-order valence-corrected chi connectivity index (χ3v) is 3.06. The molecule has 0 aliphatic heterocycles. The zero-order valence-electron chi connectivity index (χ0n) is 13.0. The molecule has 10 nitrogen and oxygen atoms in total. The van der Waals surface area contributed by atoms with Crippen LogP contribution in [-0.2, 0) is 9.53 Å². The summed E-state index contributed by atoms with van der Waals surface area (Å²) in [6, 6.07) is 5.46. The van der Waals surface area contributed by atoms with Gasteiger partial charge in [-0.15, -0.1) is 5.10 Å². The Morgan fingerprint density at radius 1 is 1.25 bits per heavy atom. The highest BCUT2D eigenvalue weighted by Crippen LogP contribution is 2.17. The molecule has 0 radical (unpaired) electrons. The fraction of sp³-hybridized carbons (Fsp3) is 0.286. The number of nitrogens with two attached hydrogens (primary N) is 1. The molecular formula is C14H16N6O4. The van der Waals surface area contributed by atoms with Gasteiger partial charge in [0, 0.05) is 0 Å². The Labute approximate surface area is 137 Å². The molecule has 0 aliphatic carbocycles. The SMILES string of the molecule is CC(C)[C@@H](OC(=O)c1ccccc1-n1cnnn1)C(=O)NC(N)=O. The first-order chi connectivity index (χ1) is 11.4. The van der Waals surface area contributed by atoms with Gasteiger partial charge in [0.25, 0.3) is 5.91 Å². The first kappa shape index (κ1) is 17.1. The maximum absolute atomic E-state index is 12.5. The van der Waals surface area contributed by atoms with E-state index in [1.165, 1.54) is 17.1 Å². The summed E-state index contributed by atoms with van der Waals surface area (Å²) in [5.41, 5.74) is 5.49. The van der Waals surface area contributed by atoms with Gasteiger partial charge in [0.1, 0.15) is 6.33 Å². The number of ether oxygens (including phenoxy) is 1. The highest BCUT2D eigenvalue weighted by atomic mass is 16.5. The summed E-state index contributed by atoms with van der Waals surface area (Å²) < 4.78 is 6.55. The van der Waals surface area contributed by atoms with Crippen molar-refractivity contribution in [2.45, 2.75) is 20.0 Å². The summed E-state index contributed by atoms with van der Waals surface area (Å²) >= 11 is 0. The second kappa shape index (κ2) is 7.31. The topological polar surface area (TPSA) is 142 Å². The molecule has 0 unspecified atom stereocenters. The van der Waals surface area contributed by atoms with Gasteiger partial charge in [-0.3, -0.25) is 10.1 Å². The number of carbonyl (C=O) groups excluding carboxylic acids is 3. The fourth-order valence-electron chi connectivity index (χ4n) is 1.98. The first-order valence-corrected chi connectivity index (χ1v) is 7.03. The number of tetrazole rings is 1. The largest absolute Gasteiger partial charge is 0.448 e. The lowest BCUT2D eigenvalue weighted by molar-refractivity contribution is -0.130. The molecule has 1 aromatic carbocycles. The fourth-order valence-corrected chi connectivity index (χ4v) is 1.98. The summed E-state index contributed by atoms with van der Waals surface area (Å²) in [4.78, 5) is 35.2. The van der Waals surface area contributed by atoms with Gasteiger partial charge in [-0.25, -0.2) is 9.59 Å². The number of carbonyl (C=O) groups is 3. The van der Waals surface area contributed by atoms with Crippen molar-refractivity contribution in [2.24, 2.45) is 11.7 Å². The first-order valence-electron chi connectivity index (χ1n) is 7.03. The van der Waals surface area contributed by atoms with Crippen molar-refractivity contribution in [3.8, 4) is 5.69 Å². The zero-order valence-corrected chi connectivity index (χ0v) is 13.0. The number of urea groups is 1. The van der Waals surface area contributed by atoms with Crippen LogP contribution >= 0.6 is 0 Å². The Kier molecular flexibility index (Phi) is 5.20. The molecule has 126 valence electrons. The molecule has 0 saturated carbocycles. The number of esters is 1. The third kappa shape index (κ3) is 3.91. The van der Waals surface area contributed by atoms with E-state index < -0.39 is 24.0 Å². The number of hydrogen-bond acceptors (Lipinski definition) is 7. The minimum Gasteiger partial charge on any atom is -0.448 e. The van der Waals surface area contributed by atoms with Crippen molar-refractivity contribution in [3.05, 3.63) is 36.2 Å². The molecule has 2 aromatic rings. The quantitative estimate of drug-likeness (QED) is 0.736. The minimum absolute atomic E-state index is 0.169. The van der Waals surface area contributed by atoms with Crippen LogP contribution in [0.4, 0.5) is 4.79 Å². The standard InChI is InChI=1S/C14H16N6O4/c1-8(2)11(12(21)17-14(15)23)24-13(22)9-5-3-4-6-10(9)20-7-16-18-19-20/h3-8,11H,1-2H3,(H3,15,17,21,23)/t11-/m1/s1. The average Bonchev–Trinajstić information content (AvgIpc) is 3.05. The van der Waals surface area contributed by atoms with Crippen molar-refractivity contribution < 1.29 is 19.1 Å². The van der Waals surface area contributed by atoms with Gasteiger partial charge in [0.15, 0.2) is 6.10 Å². The minimum atomic E-state index is -1.17. The molecule has 0 bridgehead atoms. The second-order valence-electron chi connectivity index (χ2n) is 5.19. The van der Waals surface area contributed by atoms with Crippen LogP contribution in [0.25, 0.3) is 5.69 Å². The highest BCUT2D eigenvalue weighted by molar-refractivity contribution is 5.99. The van der Waals surface area contributed by atoms with Crippen LogP contribution in [0.5, 0.6) is 0 Å². The van der Waals surface area contributed by atoms with Gasteiger partial charge in [0.2, 0.25) is 0 Å². The maximum atomic E-state index is 12.5. The van der Waals surface area contributed by atoms with E-state index in [0.717, 1.165) is 0 Å². The Balaban J connectivity index is 2.25. The Morgan fingerprint density at radius 2 is 1.96 bits per heavy atom. The van der Waals surface area contributed by atoms with Crippen LogP contribution in [0.2, 0.25) is 0 Å². The van der Waals surface area contributed by atoms with Crippen LogP contribution < -0.4 is 11.1 Å². The van der Waals surface area contributed by atoms with Gasteiger partial charge in [0.05, 0.1) is 11.3 Å². The van der Waals surface area contributed by atoms with Crippen molar-refractivity contribution >= 4 is 17.9 Å². The number of benzene rings is 1. The summed E-state index contributed by atoms with van der Waals surface area (Å²) in [5, 5.41) is 12.7. The molecule has 2 rings (SSSR count). The van der Waals surface area contributed by atoms with Crippen molar-refractivity contribution in [2.75, 3.05) is 0 Å². The van der Waals surface area contributed by atoms with E-state index >= 15 is 0 Å². The predicted octanol–water partition coefficient (Wildman–Crippen LogP) is 0.0386. The number of nitrogens with one attached hydrogen (secondary N) is 1. The number of aromatic nitrogens is 4. The van der Waals surface area contributed by atoms with E-state index in [1.807, 2.05) is 5.32 Å². The van der Waals surface area contributed by atoms with E-state index in [4.69, 9.17) is 10.5 Å². The molecule has 1 atom stereocenters. The second-order valence-corrected chi connectivity index (χ2v) is 5.19. The molecule has 3 amide bonds. The number of hydrogen-bond donors (Lipinski definition) is 2. The molecule has 1 heterocycles. The summed E-state index contributed by atoms with van der Waals surface area (Å²) in [6.45, 7) is 3.34. The molecule has 3 N–H and O–H groups in total. The molecule has 10 heteroatoms. The summed E-state index contributed by atoms with van der Waals surface area (Å²) in [5.74, 6) is -1.90. The number of rotatable bonds is 5. The monoisotopic (exact) mass is 332 g/mol. The smallest absolute Gasteiger partial charge is 0.341 e. The molecule has 24 heavy (non-hydrogen) atoms. The van der Waals surface area contributed by atoms with Crippen LogP contribution in [0.15, 0.2) is 30.6 Å². The molecular weight excluding hydrogens is 316 g/mol. The lowest BCUT2D eigenvalue weighted by Gasteiger charge is -2.20. The van der Waals surface area contributed by atoms with Crippen molar-refractivity contribution in [1.82, 2.24) is 25.5 Å². The number of para-hydroxylation sites is 1. The van der Waals surface area contributed by atoms with Gasteiger partial charge < -0.3 is 10.5 Å². The predicted molar refractivity (Wildman–Crippen MR) is 80.9 cm³/mol. The van der Waals surface area contributed by atoms with Gasteiger partial charge in [-0.1, -0.05) is 26.0 Å². The van der Waals surface area contributed by atoms with Crippen LogP contribution in [-0.4, -0.2) is 44.2 Å². The summed E-state index contributed by atoms with van der Waals surface area (Å²) in [6.07, 6.45) is 0.151. The number of nitrogens with zero attached hydrogens (tertiary/aromatic N) is 4. The van der Waals surface area contributed by atoms with Gasteiger partial charge >= 0.3 is 12.0 Å². The van der Waals surface area contributed by atoms with E-state index in [1.54, 1.807) is 32.0 Å². The number of primary amides is 1. The molecule has 0 saturated heterocycles. The van der Waals surface area contributed by atoms with Crippen LogP contribution in [0, 0.1) is 5.92 Å². The van der Waals surface area contributed by atoms with Crippen LogP contribution in [0.1, 0.15) is 24.2 Å². The lowest BCUT2D eigenvalue weighted by Crippen LogP contribution is -2.45. The Morgan fingerprint density at radius 3 is 2.54 bits per heavy atom. The van der Waals surface area contributed by atoms with Gasteiger partial charge in [-0.05, 0) is 28.5 Å². The Hall–Kier alpha value is -3.30. The molecule has 0 fully saturated rings. The highest BCUT2D eigenvalue weighted by Gasteiger charge is 2.29. The third-order valence-electron chi connectivity index (χ3n) is 3.06. The van der Waals surface area contributed by atoms with E-state index in [9.17, 15) is 14.4 Å². The van der Waals surface area contributed by atoms with E-state index in [2.05, 4.69) is 15.5 Å². The number of amides is 3. The molecule has 1 aromatic heterocycles. The zero-order chi connectivity index (χ0) is 17.7. The average molecular weight is 332 g/mol. The lowest BCUT2D eigenvalue weighted by atomic mass is 10.1. The maximum Gasteiger partial charge on any atom is 0.341 e. The number of imide groups is 1. The van der Waals surface area contributed by atoms with Crippen molar-refractivity contribution in [1.29, 1.82) is 0 Å². The van der Waals surface area contributed by atoms with E-state index in [0.29, 0.717) is 5.69 Å². The van der Waals surface area contributed by atoms with Crippen LogP contribution in [0.3, 0.4) is 0 Å².